The van der Waals surface area contributed by atoms with Gasteiger partial charge in [0.15, 0.2) is 0 Å². The van der Waals surface area contributed by atoms with Gasteiger partial charge in [-0.1, -0.05) is 11.6 Å². The lowest BCUT2D eigenvalue weighted by Crippen LogP contribution is -2.31. The van der Waals surface area contributed by atoms with Gasteiger partial charge in [-0.05, 0) is 43.6 Å². The molecule has 4 nitrogen and oxygen atoms in total. The fourth-order valence-electron chi connectivity index (χ4n) is 2.32. The quantitative estimate of drug-likeness (QED) is 0.793. The molecule has 1 aliphatic rings. The SMILES string of the molecule is NC1CCC(OCCCNC(=O)c2sccc2Cl)CC1. The van der Waals surface area contributed by atoms with Gasteiger partial charge in [0.25, 0.3) is 5.91 Å². The third-order valence-corrected chi connectivity index (χ3v) is 4.84. The molecular formula is C14H21ClN2O2S. The highest BCUT2D eigenvalue weighted by Gasteiger charge is 2.18. The van der Waals surface area contributed by atoms with E-state index in [0.29, 0.717) is 35.2 Å². The van der Waals surface area contributed by atoms with Crippen molar-refractivity contribution in [2.45, 2.75) is 44.2 Å². The average molecular weight is 317 g/mol. The molecule has 1 saturated carbocycles. The Morgan fingerprint density at radius 2 is 2.20 bits per heavy atom. The van der Waals surface area contributed by atoms with Crippen LogP contribution in [0.1, 0.15) is 41.8 Å². The number of ether oxygens (including phenoxy) is 1. The molecule has 112 valence electrons. The van der Waals surface area contributed by atoms with Crippen LogP contribution in [0.2, 0.25) is 5.02 Å². The van der Waals surface area contributed by atoms with E-state index in [1.807, 2.05) is 5.38 Å². The molecule has 0 aliphatic heterocycles. The predicted octanol–water partition coefficient (Wildman–Crippen LogP) is 2.81. The molecule has 1 aromatic rings. The van der Waals surface area contributed by atoms with Crippen molar-refractivity contribution in [1.29, 1.82) is 0 Å². The van der Waals surface area contributed by atoms with Gasteiger partial charge in [-0.15, -0.1) is 11.3 Å². The standard InChI is InChI=1S/C14H21ClN2O2S/c15-12-6-9-20-13(12)14(18)17-7-1-8-19-11-4-2-10(16)3-5-11/h6,9-11H,1-5,7-8,16H2,(H,17,18). The second-order valence-corrected chi connectivity index (χ2v) is 6.44. The van der Waals surface area contributed by atoms with Crippen LogP contribution in [0.15, 0.2) is 11.4 Å². The number of nitrogens with two attached hydrogens (primary N) is 1. The number of hydrogen-bond donors (Lipinski definition) is 2. The van der Waals surface area contributed by atoms with Crippen molar-refractivity contribution in [2.75, 3.05) is 13.2 Å². The van der Waals surface area contributed by atoms with E-state index >= 15 is 0 Å². The lowest BCUT2D eigenvalue weighted by atomic mass is 9.94. The first-order valence-electron chi connectivity index (χ1n) is 7.05. The number of thiophene rings is 1. The summed E-state index contributed by atoms with van der Waals surface area (Å²) < 4.78 is 5.80. The van der Waals surface area contributed by atoms with E-state index in [1.165, 1.54) is 11.3 Å². The topological polar surface area (TPSA) is 64.3 Å². The van der Waals surface area contributed by atoms with Crippen molar-refractivity contribution >= 4 is 28.8 Å². The lowest BCUT2D eigenvalue weighted by molar-refractivity contribution is 0.0241. The molecule has 1 fully saturated rings. The summed E-state index contributed by atoms with van der Waals surface area (Å²) in [5.41, 5.74) is 5.85. The Morgan fingerprint density at radius 1 is 1.45 bits per heavy atom. The molecule has 3 N–H and O–H groups in total. The third kappa shape index (κ3) is 4.74. The van der Waals surface area contributed by atoms with Crippen molar-refractivity contribution in [3.05, 3.63) is 21.3 Å². The van der Waals surface area contributed by atoms with Crippen molar-refractivity contribution in [1.82, 2.24) is 5.32 Å². The molecule has 0 saturated heterocycles. The first-order valence-corrected chi connectivity index (χ1v) is 8.31. The van der Waals surface area contributed by atoms with Crippen LogP contribution in [0.3, 0.4) is 0 Å². The van der Waals surface area contributed by atoms with E-state index in [0.717, 1.165) is 32.1 Å². The van der Waals surface area contributed by atoms with E-state index in [4.69, 9.17) is 22.1 Å². The van der Waals surface area contributed by atoms with E-state index in [1.54, 1.807) is 6.07 Å². The molecule has 0 aromatic carbocycles. The number of carbonyl (C=O) groups excluding carboxylic acids is 1. The van der Waals surface area contributed by atoms with Gasteiger partial charge < -0.3 is 15.8 Å². The fraction of sp³-hybridized carbons (Fsp3) is 0.643. The number of carbonyl (C=O) groups is 1. The molecule has 6 heteroatoms. The molecule has 0 bridgehead atoms. The highest BCUT2D eigenvalue weighted by atomic mass is 35.5. The number of amides is 1. The third-order valence-electron chi connectivity index (χ3n) is 3.50. The van der Waals surface area contributed by atoms with Crippen molar-refractivity contribution in [3.63, 3.8) is 0 Å². The number of halogens is 1. The van der Waals surface area contributed by atoms with Gasteiger partial charge in [-0.2, -0.15) is 0 Å². The first-order chi connectivity index (χ1) is 9.66. The van der Waals surface area contributed by atoms with Gasteiger partial charge in [0.05, 0.1) is 11.1 Å². The normalized spacial score (nSPS) is 22.7. The predicted molar refractivity (Wildman–Crippen MR) is 82.5 cm³/mol. The van der Waals surface area contributed by atoms with Gasteiger partial charge in [-0.3, -0.25) is 4.79 Å². The number of nitrogens with one attached hydrogen (secondary N) is 1. The molecule has 1 amide bonds. The summed E-state index contributed by atoms with van der Waals surface area (Å²) in [6, 6.07) is 2.09. The summed E-state index contributed by atoms with van der Waals surface area (Å²) in [5.74, 6) is -0.103. The van der Waals surface area contributed by atoms with Gasteiger partial charge in [-0.25, -0.2) is 0 Å². The molecular weight excluding hydrogens is 296 g/mol. The minimum atomic E-state index is -0.103. The summed E-state index contributed by atoms with van der Waals surface area (Å²) in [7, 11) is 0. The Labute approximate surface area is 128 Å². The molecule has 1 heterocycles. The van der Waals surface area contributed by atoms with Gasteiger partial charge >= 0.3 is 0 Å². The van der Waals surface area contributed by atoms with Crippen LogP contribution in [0.25, 0.3) is 0 Å². The van der Waals surface area contributed by atoms with Crippen molar-refractivity contribution in [3.8, 4) is 0 Å². The van der Waals surface area contributed by atoms with Crippen LogP contribution in [0, 0.1) is 0 Å². The minimum absolute atomic E-state index is 0.103. The first kappa shape index (κ1) is 15.8. The maximum atomic E-state index is 11.8. The van der Waals surface area contributed by atoms with E-state index in [2.05, 4.69) is 5.32 Å². The summed E-state index contributed by atoms with van der Waals surface area (Å²) in [6.07, 6.45) is 5.38. The zero-order valence-electron chi connectivity index (χ0n) is 11.4. The van der Waals surface area contributed by atoms with Crippen LogP contribution in [-0.4, -0.2) is 31.2 Å². The summed E-state index contributed by atoms with van der Waals surface area (Å²) in [5, 5.41) is 5.19. The largest absolute Gasteiger partial charge is 0.378 e. The van der Waals surface area contributed by atoms with E-state index < -0.39 is 0 Å². The number of hydrogen-bond acceptors (Lipinski definition) is 4. The maximum absolute atomic E-state index is 11.8. The van der Waals surface area contributed by atoms with Crippen molar-refractivity contribution in [2.24, 2.45) is 5.73 Å². The molecule has 0 spiro atoms. The summed E-state index contributed by atoms with van der Waals surface area (Å²) in [6.45, 7) is 1.29. The maximum Gasteiger partial charge on any atom is 0.262 e. The minimum Gasteiger partial charge on any atom is -0.378 e. The highest BCUT2D eigenvalue weighted by Crippen LogP contribution is 2.21. The van der Waals surface area contributed by atoms with Crippen LogP contribution in [0.4, 0.5) is 0 Å². The second kappa shape index (κ2) is 7.98. The Hall–Kier alpha value is -0.620. The van der Waals surface area contributed by atoms with Crippen LogP contribution in [0.5, 0.6) is 0 Å². The molecule has 0 unspecified atom stereocenters. The van der Waals surface area contributed by atoms with Gasteiger partial charge in [0.2, 0.25) is 0 Å². The molecule has 1 aliphatic carbocycles. The van der Waals surface area contributed by atoms with E-state index in [9.17, 15) is 4.79 Å². The summed E-state index contributed by atoms with van der Waals surface area (Å²) in [4.78, 5) is 12.4. The smallest absolute Gasteiger partial charge is 0.262 e. The van der Waals surface area contributed by atoms with Gasteiger partial charge in [0, 0.05) is 19.2 Å². The molecule has 0 atom stereocenters. The number of rotatable bonds is 6. The fourth-order valence-corrected chi connectivity index (χ4v) is 3.37. The van der Waals surface area contributed by atoms with Crippen LogP contribution in [-0.2, 0) is 4.74 Å². The lowest BCUT2D eigenvalue weighted by Gasteiger charge is -2.26. The zero-order chi connectivity index (χ0) is 14.4. The van der Waals surface area contributed by atoms with Gasteiger partial charge in [0.1, 0.15) is 4.88 Å². The van der Waals surface area contributed by atoms with E-state index in [-0.39, 0.29) is 5.91 Å². The van der Waals surface area contributed by atoms with Crippen LogP contribution >= 0.6 is 22.9 Å². The zero-order valence-corrected chi connectivity index (χ0v) is 13.0. The second-order valence-electron chi connectivity index (χ2n) is 5.11. The highest BCUT2D eigenvalue weighted by molar-refractivity contribution is 7.12. The summed E-state index contributed by atoms with van der Waals surface area (Å²) >= 11 is 7.26. The average Bonchev–Trinajstić information content (AvgIpc) is 2.86. The Morgan fingerprint density at radius 3 is 2.85 bits per heavy atom. The molecule has 2 rings (SSSR count). The molecule has 0 radical (unpaired) electrons. The Bertz CT molecular complexity index is 431. The molecule has 1 aromatic heterocycles. The van der Waals surface area contributed by atoms with Crippen LogP contribution < -0.4 is 11.1 Å². The monoisotopic (exact) mass is 316 g/mol. The van der Waals surface area contributed by atoms with Crippen molar-refractivity contribution < 1.29 is 9.53 Å². The Kier molecular flexibility index (Phi) is 6.29. The Balaban J connectivity index is 1.56. The molecule has 20 heavy (non-hydrogen) atoms.